The van der Waals surface area contributed by atoms with Gasteiger partial charge in [0.2, 0.25) is 0 Å². The van der Waals surface area contributed by atoms with E-state index in [4.69, 9.17) is 0 Å². The minimum atomic E-state index is 0.774. The summed E-state index contributed by atoms with van der Waals surface area (Å²) >= 11 is 0. The van der Waals surface area contributed by atoms with E-state index in [2.05, 4.69) is 65.0 Å². The van der Waals surface area contributed by atoms with Crippen LogP contribution < -0.4 is 4.90 Å². The van der Waals surface area contributed by atoms with Crippen LogP contribution in [0.4, 0.5) is 11.5 Å². The lowest BCUT2D eigenvalue weighted by molar-refractivity contribution is 1.04. The minimum Gasteiger partial charge on any atom is -0.346 e. The van der Waals surface area contributed by atoms with Crippen LogP contribution in [0.3, 0.4) is 0 Å². The summed E-state index contributed by atoms with van der Waals surface area (Å²) in [6.07, 6.45) is 3.04. The zero-order chi connectivity index (χ0) is 15.0. The van der Waals surface area contributed by atoms with E-state index in [9.17, 15) is 0 Å². The molecule has 0 spiro atoms. The minimum absolute atomic E-state index is 0.774. The van der Waals surface area contributed by atoms with E-state index in [1.807, 2.05) is 13.1 Å². The SMILES string of the molecule is CCc1ccc(N(C)c2nc(C)nc3[nH]cc(C)c23)cc1. The average Bonchev–Trinajstić information content (AvgIpc) is 2.87. The summed E-state index contributed by atoms with van der Waals surface area (Å²) in [6, 6.07) is 8.62. The highest BCUT2D eigenvalue weighted by atomic mass is 15.2. The second-order valence-corrected chi connectivity index (χ2v) is 5.37. The van der Waals surface area contributed by atoms with E-state index in [1.54, 1.807) is 0 Å². The second kappa shape index (κ2) is 5.20. The maximum atomic E-state index is 4.65. The number of aromatic nitrogens is 3. The van der Waals surface area contributed by atoms with Crippen molar-refractivity contribution < 1.29 is 0 Å². The zero-order valence-electron chi connectivity index (χ0n) is 12.9. The first kappa shape index (κ1) is 13.6. The van der Waals surface area contributed by atoms with Crippen molar-refractivity contribution in [2.24, 2.45) is 0 Å². The standard InChI is InChI=1S/C17H20N4/c1-5-13-6-8-14(9-7-13)21(4)17-15-11(2)10-18-16(15)19-12(3)20-17/h6-10H,5H2,1-4H3,(H,18,19,20). The quantitative estimate of drug-likeness (QED) is 0.791. The number of aromatic amines is 1. The Kier molecular flexibility index (Phi) is 3.37. The van der Waals surface area contributed by atoms with Crippen LogP contribution in [0.2, 0.25) is 0 Å². The highest BCUT2D eigenvalue weighted by Gasteiger charge is 2.14. The molecule has 108 valence electrons. The Morgan fingerprint density at radius 3 is 2.48 bits per heavy atom. The Labute approximate surface area is 124 Å². The van der Waals surface area contributed by atoms with E-state index in [-0.39, 0.29) is 0 Å². The molecule has 21 heavy (non-hydrogen) atoms. The van der Waals surface area contributed by atoms with Crippen LogP contribution in [0.25, 0.3) is 11.0 Å². The predicted octanol–water partition coefficient (Wildman–Crippen LogP) is 3.91. The molecule has 0 saturated heterocycles. The summed E-state index contributed by atoms with van der Waals surface area (Å²) in [5.74, 6) is 1.72. The van der Waals surface area contributed by atoms with E-state index in [0.29, 0.717) is 0 Å². The van der Waals surface area contributed by atoms with Gasteiger partial charge in [0, 0.05) is 18.9 Å². The van der Waals surface area contributed by atoms with Crippen LogP contribution >= 0.6 is 0 Å². The van der Waals surface area contributed by atoms with Gasteiger partial charge < -0.3 is 9.88 Å². The summed E-state index contributed by atoms with van der Waals surface area (Å²) in [6.45, 7) is 6.17. The molecule has 2 heterocycles. The van der Waals surface area contributed by atoms with Crippen LogP contribution in [0.15, 0.2) is 30.5 Å². The van der Waals surface area contributed by atoms with Gasteiger partial charge in [-0.3, -0.25) is 0 Å². The number of H-pyrrole nitrogens is 1. The lowest BCUT2D eigenvalue weighted by atomic mass is 10.1. The lowest BCUT2D eigenvalue weighted by Crippen LogP contribution is -2.13. The van der Waals surface area contributed by atoms with Crippen molar-refractivity contribution in [1.82, 2.24) is 15.0 Å². The fourth-order valence-electron chi connectivity index (χ4n) is 2.59. The Balaban J connectivity index is 2.11. The summed E-state index contributed by atoms with van der Waals surface area (Å²) in [5, 5.41) is 1.09. The molecule has 0 radical (unpaired) electrons. The molecule has 2 aromatic heterocycles. The van der Waals surface area contributed by atoms with Crippen LogP contribution in [0.5, 0.6) is 0 Å². The first-order chi connectivity index (χ1) is 10.1. The number of anilines is 2. The molecule has 0 bridgehead atoms. The molecule has 0 aliphatic carbocycles. The number of fused-ring (bicyclic) bond motifs is 1. The number of aryl methyl sites for hydroxylation is 3. The van der Waals surface area contributed by atoms with Gasteiger partial charge in [0.1, 0.15) is 17.3 Å². The third kappa shape index (κ3) is 2.37. The van der Waals surface area contributed by atoms with Crippen molar-refractivity contribution in [2.45, 2.75) is 27.2 Å². The number of nitrogens with one attached hydrogen (secondary N) is 1. The molecule has 3 rings (SSSR count). The van der Waals surface area contributed by atoms with Gasteiger partial charge in [0.25, 0.3) is 0 Å². The topological polar surface area (TPSA) is 44.8 Å². The average molecular weight is 280 g/mol. The molecule has 0 saturated carbocycles. The number of rotatable bonds is 3. The van der Waals surface area contributed by atoms with Gasteiger partial charge in [0.15, 0.2) is 0 Å². The zero-order valence-corrected chi connectivity index (χ0v) is 12.9. The van der Waals surface area contributed by atoms with Crippen molar-refractivity contribution in [3.05, 3.63) is 47.4 Å². The van der Waals surface area contributed by atoms with Crippen molar-refractivity contribution in [3.63, 3.8) is 0 Å². The van der Waals surface area contributed by atoms with Crippen molar-refractivity contribution >= 4 is 22.5 Å². The molecular weight excluding hydrogens is 260 g/mol. The van der Waals surface area contributed by atoms with Gasteiger partial charge in [-0.25, -0.2) is 9.97 Å². The van der Waals surface area contributed by atoms with Gasteiger partial charge in [-0.05, 0) is 43.5 Å². The molecule has 0 aliphatic rings. The number of hydrogen-bond donors (Lipinski definition) is 1. The molecule has 0 aliphatic heterocycles. The van der Waals surface area contributed by atoms with Gasteiger partial charge in [-0.15, -0.1) is 0 Å². The fraction of sp³-hybridized carbons (Fsp3) is 0.294. The molecule has 4 heteroatoms. The first-order valence-electron chi connectivity index (χ1n) is 7.25. The van der Waals surface area contributed by atoms with Gasteiger partial charge in [0.05, 0.1) is 5.39 Å². The molecule has 0 fully saturated rings. The summed E-state index contributed by atoms with van der Waals surface area (Å²) in [4.78, 5) is 14.5. The number of benzene rings is 1. The summed E-state index contributed by atoms with van der Waals surface area (Å²) in [7, 11) is 2.05. The number of nitrogens with zero attached hydrogens (tertiary/aromatic N) is 3. The van der Waals surface area contributed by atoms with Crippen molar-refractivity contribution in [3.8, 4) is 0 Å². The maximum Gasteiger partial charge on any atom is 0.146 e. The largest absolute Gasteiger partial charge is 0.346 e. The normalized spacial score (nSPS) is 11.0. The van der Waals surface area contributed by atoms with E-state index in [1.165, 1.54) is 5.56 Å². The van der Waals surface area contributed by atoms with Crippen molar-refractivity contribution in [1.29, 1.82) is 0 Å². The lowest BCUT2D eigenvalue weighted by Gasteiger charge is -2.20. The highest BCUT2D eigenvalue weighted by molar-refractivity contribution is 5.92. The summed E-state index contributed by atoms with van der Waals surface area (Å²) in [5.41, 5.74) is 4.53. The molecule has 1 aromatic carbocycles. The molecule has 0 unspecified atom stereocenters. The molecule has 0 amide bonds. The fourth-order valence-corrected chi connectivity index (χ4v) is 2.59. The predicted molar refractivity (Wildman–Crippen MR) is 87.2 cm³/mol. The van der Waals surface area contributed by atoms with Crippen LogP contribution in [-0.4, -0.2) is 22.0 Å². The van der Waals surface area contributed by atoms with Gasteiger partial charge in [-0.2, -0.15) is 0 Å². The monoisotopic (exact) mass is 280 g/mol. The van der Waals surface area contributed by atoms with Gasteiger partial charge >= 0.3 is 0 Å². The maximum absolute atomic E-state index is 4.65. The van der Waals surface area contributed by atoms with E-state index >= 15 is 0 Å². The molecular formula is C17H20N4. The van der Waals surface area contributed by atoms with Crippen LogP contribution in [-0.2, 0) is 6.42 Å². The van der Waals surface area contributed by atoms with E-state index in [0.717, 1.165) is 40.3 Å². The Morgan fingerprint density at radius 2 is 1.81 bits per heavy atom. The molecule has 4 nitrogen and oxygen atoms in total. The Morgan fingerprint density at radius 1 is 1.10 bits per heavy atom. The van der Waals surface area contributed by atoms with Crippen molar-refractivity contribution in [2.75, 3.05) is 11.9 Å². The third-order valence-corrected chi connectivity index (χ3v) is 3.87. The summed E-state index contributed by atoms with van der Waals surface area (Å²) < 4.78 is 0. The van der Waals surface area contributed by atoms with Gasteiger partial charge in [-0.1, -0.05) is 19.1 Å². The van der Waals surface area contributed by atoms with Crippen LogP contribution in [0, 0.1) is 13.8 Å². The molecule has 1 N–H and O–H groups in total. The first-order valence-corrected chi connectivity index (χ1v) is 7.25. The number of hydrogen-bond acceptors (Lipinski definition) is 3. The smallest absolute Gasteiger partial charge is 0.146 e. The second-order valence-electron chi connectivity index (χ2n) is 5.37. The third-order valence-electron chi connectivity index (χ3n) is 3.87. The van der Waals surface area contributed by atoms with Crippen LogP contribution in [0.1, 0.15) is 23.9 Å². The molecule has 0 atom stereocenters. The highest BCUT2D eigenvalue weighted by Crippen LogP contribution is 2.30. The van der Waals surface area contributed by atoms with E-state index < -0.39 is 0 Å². The Hall–Kier alpha value is -2.36. The Bertz CT molecular complexity index is 771. The molecule has 3 aromatic rings.